The van der Waals surface area contributed by atoms with E-state index in [-0.39, 0.29) is 23.8 Å². The highest BCUT2D eigenvalue weighted by Gasteiger charge is 2.11. The van der Waals surface area contributed by atoms with E-state index in [9.17, 15) is 0 Å². The van der Waals surface area contributed by atoms with Crippen LogP contribution in [0, 0.1) is 0 Å². The van der Waals surface area contributed by atoms with Gasteiger partial charge in [-0.2, -0.15) is 0 Å². The van der Waals surface area contributed by atoms with Gasteiger partial charge in [-0.15, -0.1) is 0 Å². The minimum absolute atomic E-state index is 0.0296. The van der Waals surface area contributed by atoms with E-state index < -0.39 is 0 Å². The van der Waals surface area contributed by atoms with Gasteiger partial charge in [0.1, 0.15) is 29.6 Å². The largest absolute Gasteiger partial charge is 0.489 e. The summed E-state index contributed by atoms with van der Waals surface area (Å²) in [5.41, 5.74) is 1.83. The molecule has 0 saturated carbocycles. The van der Waals surface area contributed by atoms with E-state index in [2.05, 4.69) is 5.16 Å². The summed E-state index contributed by atoms with van der Waals surface area (Å²) in [5.74, 6) is 0.861. The molecule has 0 aliphatic heterocycles. The van der Waals surface area contributed by atoms with Crippen molar-refractivity contribution in [3.63, 3.8) is 0 Å². The summed E-state index contributed by atoms with van der Waals surface area (Å²) in [6.45, 7) is 4.31. The number of hydrogen-bond donors (Lipinski definition) is 0. The lowest BCUT2D eigenvalue weighted by Gasteiger charge is -2.12. The summed E-state index contributed by atoms with van der Waals surface area (Å²) in [5, 5.41) is 4.61. The van der Waals surface area contributed by atoms with Crippen LogP contribution in [0.1, 0.15) is 25.0 Å². The van der Waals surface area contributed by atoms with Crippen LogP contribution in [0.3, 0.4) is 0 Å². The zero-order valence-corrected chi connectivity index (χ0v) is 18.3. The lowest BCUT2D eigenvalue weighted by molar-refractivity contribution is 0.0873. The van der Waals surface area contributed by atoms with Gasteiger partial charge in [0.2, 0.25) is 0 Å². The number of hydrogen-bond acceptors (Lipinski definition) is 4. The van der Waals surface area contributed by atoms with Crippen LogP contribution < -0.4 is 9.47 Å². The molecule has 0 amide bonds. The Morgan fingerprint density at radius 2 is 1.79 bits per heavy atom. The number of ether oxygens (including phenoxy) is 2. The van der Waals surface area contributed by atoms with Gasteiger partial charge in [0.15, 0.2) is 5.75 Å². The number of halogens is 4. The summed E-state index contributed by atoms with van der Waals surface area (Å²) in [4.78, 5) is 5.17. The molecule has 0 unspecified atom stereocenters. The van der Waals surface area contributed by atoms with Crippen molar-refractivity contribution in [1.29, 1.82) is 0 Å². The zero-order chi connectivity index (χ0) is 20.5. The van der Waals surface area contributed by atoms with Crippen molar-refractivity contribution in [2.24, 2.45) is 5.16 Å². The first kappa shape index (κ1) is 22.7. The Balaban J connectivity index is 2.02. The van der Waals surface area contributed by atoms with Gasteiger partial charge in [0, 0.05) is 12.1 Å². The molecule has 0 heterocycles. The third-order valence-corrected chi connectivity index (χ3v) is 4.14. The molecule has 0 aliphatic carbocycles. The van der Waals surface area contributed by atoms with Crippen LogP contribution in [-0.2, 0) is 11.4 Å². The van der Waals surface area contributed by atoms with E-state index in [1.54, 1.807) is 18.3 Å². The Morgan fingerprint density at radius 1 is 1.07 bits per heavy atom. The van der Waals surface area contributed by atoms with Crippen LogP contribution in [0.5, 0.6) is 11.5 Å². The summed E-state index contributed by atoms with van der Waals surface area (Å²) < 4.78 is 11.4. The molecule has 0 fully saturated rings. The predicted octanol–water partition coefficient (Wildman–Crippen LogP) is 7.03. The summed E-state index contributed by atoms with van der Waals surface area (Å²) >= 11 is 23.6. The standard InChI is InChI=1S/C20H19Cl4NO3/c1-13(2)28-25-11-14-4-3-5-15(8-14)12-27-20-17(21)9-16(10-18(20)22)26-7-6-19(23)24/h3-6,8-11,13H,7,12H2,1-2H3. The normalized spacial score (nSPS) is 11.0. The van der Waals surface area contributed by atoms with Crippen LogP contribution >= 0.6 is 46.4 Å². The van der Waals surface area contributed by atoms with E-state index >= 15 is 0 Å². The second-order valence-electron chi connectivity index (χ2n) is 5.94. The van der Waals surface area contributed by atoms with Crippen molar-refractivity contribution in [3.05, 3.63) is 68.1 Å². The van der Waals surface area contributed by atoms with Crippen molar-refractivity contribution in [2.75, 3.05) is 6.61 Å². The van der Waals surface area contributed by atoms with Crippen molar-refractivity contribution in [2.45, 2.75) is 26.6 Å². The Labute approximate surface area is 184 Å². The molecule has 2 aromatic rings. The lowest BCUT2D eigenvalue weighted by Crippen LogP contribution is -1.99. The quantitative estimate of drug-likeness (QED) is 0.296. The molecule has 0 N–H and O–H groups in total. The van der Waals surface area contributed by atoms with Crippen LogP contribution in [0.4, 0.5) is 0 Å². The molecule has 2 rings (SSSR count). The lowest BCUT2D eigenvalue weighted by atomic mass is 10.1. The SMILES string of the molecule is CC(C)ON=Cc1cccc(COc2c(Cl)cc(OCC=C(Cl)Cl)cc2Cl)c1. The highest BCUT2D eigenvalue weighted by Crippen LogP contribution is 2.37. The maximum Gasteiger partial charge on any atom is 0.157 e. The Morgan fingerprint density at radius 3 is 2.43 bits per heavy atom. The van der Waals surface area contributed by atoms with Gasteiger partial charge in [-0.05, 0) is 37.1 Å². The molecule has 150 valence electrons. The molecule has 0 aromatic heterocycles. The topological polar surface area (TPSA) is 40.0 Å². The van der Waals surface area contributed by atoms with Crippen LogP contribution in [0.25, 0.3) is 0 Å². The fraction of sp³-hybridized carbons (Fsp3) is 0.250. The van der Waals surface area contributed by atoms with Gasteiger partial charge in [-0.3, -0.25) is 0 Å². The minimum atomic E-state index is 0.0296. The highest BCUT2D eigenvalue weighted by atomic mass is 35.5. The van der Waals surface area contributed by atoms with E-state index in [4.69, 9.17) is 60.7 Å². The van der Waals surface area contributed by atoms with Gasteiger partial charge < -0.3 is 14.3 Å². The maximum absolute atomic E-state index is 6.28. The maximum atomic E-state index is 6.28. The summed E-state index contributed by atoms with van der Waals surface area (Å²) in [7, 11) is 0. The van der Waals surface area contributed by atoms with E-state index in [0.29, 0.717) is 21.5 Å². The first-order chi connectivity index (χ1) is 13.3. The monoisotopic (exact) mass is 461 g/mol. The second kappa shape index (κ2) is 11.4. The van der Waals surface area contributed by atoms with Gasteiger partial charge in [0.05, 0.1) is 16.3 Å². The van der Waals surface area contributed by atoms with Crippen LogP contribution in [0.15, 0.2) is 52.1 Å². The van der Waals surface area contributed by atoms with Crippen molar-refractivity contribution in [1.82, 2.24) is 0 Å². The summed E-state index contributed by atoms with van der Waals surface area (Å²) in [6, 6.07) is 10.9. The molecule has 8 heteroatoms. The number of benzene rings is 2. The fourth-order valence-corrected chi connectivity index (χ4v) is 2.79. The first-order valence-corrected chi connectivity index (χ1v) is 9.90. The predicted molar refractivity (Wildman–Crippen MR) is 116 cm³/mol. The molecule has 0 atom stereocenters. The molecule has 2 aromatic carbocycles. The van der Waals surface area contributed by atoms with Crippen LogP contribution in [-0.4, -0.2) is 18.9 Å². The highest BCUT2D eigenvalue weighted by molar-refractivity contribution is 6.55. The Bertz CT molecular complexity index is 826. The molecule has 0 spiro atoms. The molecular weight excluding hydrogens is 444 g/mol. The third kappa shape index (κ3) is 7.80. The Kier molecular flexibility index (Phi) is 9.26. The third-order valence-electron chi connectivity index (χ3n) is 3.27. The number of rotatable bonds is 9. The van der Waals surface area contributed by atoms with Crippen molar-refractivity contribution < 1.29 is 14.3 Å². The van der Waals surface area contributed by atoms with Gasteiger partial charge in [0.25, 0.3) is 0 Å². The molecule has 0 aliphatic rings. The van der Waals surface area contributed by atoms with Crippen LogP contribution in [0.2, 0.25) is 10.0 Å². The molecule has 0 radical (unpaired) electrons. The molecular formula is C20H19Cl4NO3. The first-order valence-electron chi connectivity index (χ1n) is 8.39. The van der Waals surface area contributed by atoms with E-state index in [1.807, 2.05) is 38.1 Å². The average Bonchev–Trinajstić information content (AvgIpc) is 2.61. The van der Waals surface area contributed by atoms with Crippen molar-refractivity contribution >= 4 is 52.6 Å². The number of oxime groups is 1. The Hall–Kier alpha value is -1.59. The zero-order valence-electron chi connectivity index (χ0n) is 15.3. The van der Waals surface area contributed by atoms with Gasteiger partial charge in [-0.25, -0.2) is 0 Å². The summed E-state index contributed by atoms with van der Waals surface area (Å²) in [6.07, 6.45) is 3.19. The van der Waals surface area contributed by atoms with Gasteiger partial charge >= 0.3 is 0 Å². The minimum Gasteiger partial charge on any atom is -0.489 e. The molecule has 0 bridgehead atoms. The molecule has 4 nitrogen and oxygen atoms in total. The molecule has 28 heavy (non-hydrogen) atoms. The fourth-order valence-electron chi connectivity index (χ4n) is 2.09. The average molecular weight is 463 g/mol. The number of nitrogens with zero attached hydrogens (tertiary/aromatic N) is 1. The van der Waals surface area contributed by atoms with E-state index in [1.165, 1.54) is 6.08 Å². The second-order valence-corrected chi connectivity index (χ2v) is 7.77. The molecule has 0 saturated heterocycles. The van der Waals surface area contributed by atoms with E-state index in [0.717, 1.165) is 11.1 Å². The van der Waals surface area contributed by atoms with Gasteiger partial charge in [-0.1, -0.05) is 69.8 Å². The smallest absolute Gasteiger partial charge is 0.157 e. The van der Waals surface area contributed by atoms with Crippen molar-refractivity contribution in [3.8, 4) is 11.5 Å².